The van der Waals surface area contributed by atoms with Crippen molar-refractivity contribution in [2.75, 3.05) is 6.61 Å². The van der Waals surface area contributed by atoms with Gasteiger partial charge in [-0.1, -0.05) is 71.9 Å². The van der Waals surface area contributed by atoms with Gasteiger partial charge >= 0.3 is 11.7 Å². The quantitative estimate of drug-likeness (QED) is 0.237. The second-order valence-corrected chi connectivity index (χ2v) is 9.40. The van der Waals surface area contributed by atoms with Gasteiger partial charge < -0.3 is 9.15 Å². The summed E-state index contributed by atoms with van der Waals surface area (Å²) in [7, 11) is 0. The molecular formula is C29H26N2O4S. The first-order chi connectivity index (χ1) is 17.3. The van der Waals surface area contributed by atoms with Crippen molar-refractivity contribution >= 4 is 30.3 Å². The monoisotopic (exact) mass is 498 g/mol. The Morgan fingerprint density at radius 3 is 2.25 bits per heavy atom. The summed E-state index contributed by atoms with van der Waals surface area (Å²) in [4.78, 5) is 27.7. The first-order valence-electron chi connectivity index (χ1n) is 11.8. The molecule has 0 amide bonds. The number of hydrogen-bond donors (Lipinski definition) is 1. The minimum Gasteiger partial charge on any atom is -0.460 e. The molecule has 36 heavy (non-hydrogen) atoms. The van der Waals surface area contributed by atoms with E-state index in [2.05, 4.69) is 67.4 Å². The van der Waals surface area contributed by atoms with Crippen LogP contribution in [0.25, 0.3) is 12.2 Å². The number of nitrogens with one attached hydrogen (secondary N) is 1. The predicted molar refractivity (Wildman–Crippen MR) is 142 cm³/mol. The van der Waals surface area contributed by atoms with Crippen molar-refractivity contribution in [3.8, 4) is 0 Å². The maximum Gasteiger partial charge on any atom is 0.374 e. The summed E-state index contributed by atoms with van der Waals surface area (Å²) in [6.07, 6.45) is 6.09. The Hall–Kier alpha value is -3.97. The van der Waals surface area contributed by atoms with Crippen molar-refractivity contribution in [2.45, 2.75) is 33.2 Å². The highest BCUT2D eigenvalue weighted by Crippen LogP contribution is 2.39. The normalized spacial score (nSPS) is 12.6. The molecule has 1 aliphatic rings. The molecule has 0 bridgehead atoms. The highest BCUT2D eigenvalue weighted by Gasteiger charge is 2.26. The Balaban J connectivity index is 1.63. The van der Waals surface area contributed by atoms with Gasteiger partial charge in [0.1, 0.15) is 10.4 Å². The van der Waals surface area contributed by atoms with Gasteiger partial charge in [-0.3, -0.25) is 9.55 Å². The SMILES string of the molecule is CCOC(=O)c1ccc(Cn2cc(C3c4ccc(C)cc4C=Cc4cc(C)ccc43)c(=S)[nH]c2=O)o1. The fraction of sp³-hybridized carbons (Fsp3) is 0.207. The number of aromatic nitrogens is 2. The highest BCUT2D eigenvalue weighted by atomic mass is 32.1. The molecule has 5 rings (SSSR count). The van der Waals surface area contributed by atoms with Crippen molar-refractivity contribution in [3.05, 3.63) is 120 Å². The lowest BCUT2D eigenvalue weighted by molar-refractivity contribution is 0.0488. The van der Waals surface area contributed by atoms with E-state index in [1.165, 1.54) is 15.7 Å². The van der Waals surface area contributed by atoms with Crippen molar-refractivity contribution in [3.63, 3.8) is 0 Å². The number of rotatable bonds is 5. The number of aryl methyl sites for hydroxylation is 2. The topological polar surface area (TPSA) is 77.2 Å². The van der Waals surface area contributed by atoms with Gasteiger partial charge in [-0.05, 0) is 55.2 Å². The minimum absolute atomic E-state index is 0.104. The molecule has 0 atom stereocenters. The number of fused-ring (bicyclic) bond motifs is 2. The number of furan rings is 1. The Kier molecular flexibility index (Phi) is 6.33. The van der Waals surface area contributed by atoms with Gasteiger partial charge in [0.15, 0.2) is 0 Å². The molecule has 6 nitrogen and oxygen atoms in total. The van der Waals surface area contributed by atoms with Gasteiger partial charge in [0.25, 0.3) is 0 Å². The summed E-state index contributed by atoms with van der Waals surface area (Å²) in [5, 5.41) is 0. The van der Waals surface area contributed by atoms with Gasteiger partial charge in [0.2, 0.25) is 5.76 Å². The molecule has 182 valence electrons. The summed E-state index contributed by atoms with van der Waals surface area (Å²) in [5.41, 5.74) is 7.28. The first kappa shape index (κ1) is 23.8. The predicted octanol–water partition coefficient (Wildman–Crippen LogP) is 6.00. The molecule has 4 aromatic rings. The Labute approximate surface area is 213 Å². The van der Waals surface area contributed by atoms with Crippen molar-refractivity contribution in [1.82, 2.24) is 9.55 Å². The molecule has 1 aliphatic carbocycles. The number of aromatic amines is 1. The van der Waals surface area contributed by atoms with Gasteiger partial charge in [-0.25, -0.2) is 9.59 Å². The molecule has 0 spiro atoms. The Bertz CT molecular complexity index is 1570. The summed E-state index contributed by atoms with van der Waals surface area (Å²) in [6, 6.07) is 16.0. The van der Waals surface area contributed by atoms with Crippen LogP contribution in [-0.2, 0) is 11.3 Å². The summed E-state index contributed by atoms with van der Waals surface area (Å²) >= 11 is 5.69. The van der Waals surface area contributed by atoms with Crippen LogP contribution in [0.2, 0.25) is 0 Å². The molecule has 2 aromatic carbocycles. The van der Waals surface area contributed by atoms with Crippen LogP contribution in [-0.4, -0.2) is 22.1 Å². The minimum atomic E-state index is -0.533. The average Bonchev–Trinajstić information content (AvgIpc) is 3.25. The van der Waals surface area contributed by atoms with Crippen molar-refractivity contribution < 1.29 is 13.9 Å². The van der Waals surface area contributed by atoms with Crippen LogP contribution >= 0.6 is 12.2 Å². The van der Waals surface area contributed by atoms with E-state index in [0.29, 0.717) is 10.4 Å². The largest absolute Gasteiger partial charge is 0.460 e. The fourth-order valence-corrected chi connectivity index (χ4v) is 4.93. The Morgan fingerprint density at radius 1 is 1.00 bits per heavy atom. The molecule has 0 saturated carbocycles. The number of ether oxygens (including phenoxy) is 1. The molecule has 0 radical (unpaired) electrons. The summed E-state index contributed by atoms with van der Waals surface area (Å²) in [5.74, 6) is -0.138. The van der Waals surface area contributed by atoms with E-state index in [4.69, 9.17) is 21.4 Å². The second kappa shape index (κ2) is 9.59. The molecule has 0 unspecified atom stereocenters. The summed E-state index contributed by atoms with van der Waals surface area (Å²) < 4.78 is 12.6. The lowest BCUT2D eigenvalue weighted by atomic mass is 9.83. The number of esters is 1. The number of hydrogen-bond acceptors (Lipinski definition) is 5. The van der Waals surface area contributed by atoms with Crippen molar-refractivity contribution in [2.24, 2.45) is 0 Å². The summed E-state index contributed by atoms with van der Waals surface area (Å²) in [6.45, 7) is 6.28. The molecular weight excluding hydrogens is 472 g/mol. The van der Waals surface area contributed by atoms with Crippen LogP contribution < -0.4 is 5.69 Å². The van der Waals surface area contributed by atoms with Gasteiger partial charge in [0, 0.05) is 17.7 Å². The van der Waals surface area contributed by atoms with Crippen LogP contribution in [0, 0.1) is 18.5 Å². The smallest absolute Gasteiger partial charge is 0.374 e. The van der Waals surface area contributed by atoms with E-state index in [1.807, 2.05) is 0 Å². The van der Waals surface area contributed by atoms with Gasteiger partial charge in [-0.15, -0.1) is 0 Å². The fourth-order valence-electron chi connectivity index (χ4n) is 4.68. The van der Waals surface area contributed by atoms with E-state index < -0.39 is 5.97 Å². The molecule has 2 aromatic heterocycles. The average molecular weight is 499 g/mol. The van der Waals surface area contributed by atoms with Crippen LogP contribution in [0.15, 0.2) is 63.9 Å². The number of H-pyrrole nitrogens is 1. The van der Waals surface area contributed by atoms with E-state index in [-0.39, 0.29) is 30.5 Å². The third kappa shape index (κ3) is 4.50. The third-order valence-electron chi connectivity index (χ3n) is 6.36. The molecule has 0 saturated heterocycles. The van der Waals surface area contributed by atoms with Gasteiger partial charge in [0.05, 0.1) is 13.2 Å². The van der Waals surface area contributed by atoms with E-state index in [0.717, 1.165) is 27.8 Å². The van der Waals surface area contributed by atoms with Crippen LogP contribution in [0.1, 0.15) is 68.1 Å². The van der Waals surface area contributed by atoms with E-state index in [9.17, 15) is 9.59 Å². The molecule has 7 heteroatoms. The molecule has 1 N–H and O–H groups in total. The standard InChI is InChI=1S/C29H26N2O4S/c1-4-34-28(32)25-12-9-21(35-25)15-31-16-24(27(36)30-29(31)33)26-22-10-5-17(2)13-19(22)7-8-20-14-18(3)6-11-23(20)26/h5-14,16,26H,4,15H2,1-3H3,(H,30,33,36). The van der Waals surface area contributed by atoms with Crippen LogP contribution in [0.4, 0.5) is 0 Å². The highest BCUT2D eigenvalue weighted by molar-refractivity contribution is 7.71. The molecule has 2 heterocycles. The number of nitrogens with zero attached hydrogens (tertiary/aromatic N) is 1. The lowest BCUT2D eigenvalue weighted by Crippen LogP contribution is -2.25. The van der Waals surface area contributed by atoms with Crippen LogP contribution in [0.5, 0.6) is 0 Å². The maximum absolute atomic E-state index is 12.9. The van der Waals surface area contributed by atoms with Crippen molar-refractivity contribution in [1.29, 1.82) is 0 Å². The van der Waals surface area contributed by atoms with Gasteiger partial charge in [-0.2, -0.15) is 0 Å². The Morgan fingerprint density at radius 2 is 1.64 bits per heavy atom. The number of carbonyl (C=O) groups excluding carboxylic acids is 1. The lowest BCUT2D eigenvalue weighted by Gasteiger charge is -2.22. The molecule has 0 fully saturated rings. The van der Waals surface area contributed by atoms with Crippen LogP contribution in [0.3, 0.4) is 0 Å². The zero-order valence-electron chi connectivity index (χ0n) is 20.3. The number of carbonyl (C=O) groups is 1. The van der Waals surface area contributed by atoms with E-state index >= 15 is 0 Å². The molecule has 0 aliphatic heterocycles. The van der Waals surface area contributed by atoms with E-state index in [1.54, 1.807) is 25.3 Å². The zero-order valence-corrected chi connectivity index (χ0v) is 21.1. The second-order valence-electron chi connectivity index (χ2n) is 8.99. The maximum atomic E-state index is 12.9. The zero-order chi connectivity index (χ0) is 25.4. The first-order valence-corrected chi connectivity index (χ1v) is 12.2. The number of benzene rings is 2. The third-order valence-corrected chi connectivity index (χ3v) is 6.70.